The number of nitrogens with two attached hydrogens (primary N) is 1. The molecule has 2 heteroatoms. The highest BCUT2D eigenvalue weighted by Gasteiger charge is 2.36. The Bertz CT molecular complexity index is 149. The lowest BCUT2D eigenvalue weighted by molar-refractivity contribution is 0.0920. The van der Waals surface area contributed by atoms with Gasteiger partial charge in [0.1, 0.15) is 0 Å². The molecule has 0 spiro atoms. The van der Waals surface area contributed by atoms with E-state index in [9.17, 15) is 0 Å². The van der Waals surface area contributed by atoms with E-state index < -0.39 is 0 Å². The first-order valence-corrected chi connectivity index (χ1v) is 5.59. The van der Waals surface area contributed by atoms with Crippen LogP contribution < -0.4 is 5.73 Å². The smallest absolute Gasteiger partial charge is 0.0727 e. The van der Waals surface area contributed by atoms with E-state index in [1.807, 2.05) is 0 Å². The fourth-order valence-corrected chi connectivity index (χ4v) is 2.00. The number of rotatable bonds is 5. The Morgan fingerprint density at radius 1 is 1.38 bits per heavy atom. The molecule has 0 aromatic rings. The van der Waals surface area contributed by atoms with Gasteiger partial charge in [0.15, 0.2) is 0 Å². The maximum atomic E-state index is 6.26. The molecule has 13 heavy (non-hydrogen) atoms. The van der Waals surface area contributed by atoms with Gasteiger partial charge in [-0.15, -0.1) is 0 Å². The summed E-state index contributed by atoms with van der Waals surface area (Å²) in [7, 11) is 0. The quantitative estimate of drug-likeness (QED) is 0.668. The Kier molecular flexibility index (Phi) is 4.20. The molecule has 0 saturated carbocycles. The lowest BCUT2D eigenvalue weighted by Gasteiger charge is -2.27. The lowest BCUT2D eigenvalue weighted by Crippen LogP contribution is -2.45. The molecule has 1 rings (SSSR count). The zero-order valence-electron chi connectivity index (χ0n) is 9.01. The van der Waals surface area contributed by atoms with Crippen molar-refractivity contribution in [3.8, 4) is 0 Å². The van der Waals surface area contributed by atoms with E-state index in [0.717, 1.165) is 19.4 Å². The second kappa shape index (κ2) is 4.97. The van der Waals surface area contributed by atoms with E-state index in [1.165, 1.54) is 25.7 Å². The zero-order valence-corrected chi connectivity index (χ0v) is 9.01. The van der Waals surface area contributed by atoms with Crippen molar-refractivity contribution in [2.24, 2.45) is 5.73 Å². The van der Waals surface area contributed by atoms with Gasteiger partial charge < -0.3 is 10.5 Å². The Balaban J connectivity index is 2.18. The third kappa shape index (κ3) is 2.96. The van der Waals surface area contributed by atoms with Crippen LogP contribution >= 0.6 is 0 Å². The minimum atomic E-state index is -0.0201. The predicted octanol–water partition coefficient (Wildman–Crippen LogP) is 2.46. The third-order valence-corrected chi connectivity index (χ3v) is 3.24. The summed E-state index contributed by atoms with van der Waals surface area (Å²) < 4.78 is 5.50. The van der Waals surface area contributed by atoms with Gasteiger partial charge in [-0.05, 0) is 19.8 Å². The standard InChI is InChI=1S/C11H23NO/c1-3-4-5-6-7-11(12)8-9-13-10(11)2/h10H,3-9,12H2,1-2H3. The minimum Gasteiger partial charge on any atom is -0.377 e. The lowest BCUT2D eigenvalue weighted by atomic mass is 9.87. The van der Waals surface area contributed by atoms with Crippen molar-refractivity contribution in [1.29, 1.82) is 0 Å². The fraction of sp³-hybridized carbons (Fsp3) is 1.00. The van der Waals surface area contributed by atoms with Crippen molar-refractivity contribution >= 4 is 0 Å². The van der Waals surface area contributed by atoms with Crippen molar-refractivity contribution < 1.29 is 4.74 Å². The predicted molar refractivity (Wildman–Crippen MR) is 55.7 cm³/mol. The Labute approximate surface area is 81.8 Å². The summed E-state index contributed by atoms with van der Waals surface area (Å²) in [6, 6.07) is 0. The molecule has 2 unspecified atom stereocenters. The molecule has 0 radical (unpaired) electrons. The summed E-state index contributed by atoms with van der Waals surface area (Å²) in [5.74, 6) is 0. The maximum absolute atomic E-state index is 6.26. The molecule has 1 aliphatic heterocycles. The molecular weight excluding hydrogens is 162 g/mol. The summed E-state index contributed by atoms with van der Waals surface area (Å²) in [6.07, 6.45) is 7.65. The topological polar surface area (TPSA) is 35.2 Å². The third-order valence-electron chi connectivity index (χ3n) is 3.24. The van der Waals surface area contributed by atoms with E-state index in [1.54, 1.807) is 0 Å². The van der Waals surface area contributed by atoms with Gasteiger partial charge in [-0.1, -0.05) is 32.6 Å². The van der Waals surface area contributed by atoms with Crippen LogP contribution in [0.3, 0.4) is 0 Å². The van der Waals surface area contributed by atoms with Crippen molar-refractivity contribution in [2.45, 2.75) is 64.0 Å². The first kappa shape index (κ1) is 11.0. The molecule has 2 atom stereocenters. The molecule has 0 aliphatic carbocycles. The molecule has 1 aliphatic rings. The molecule has 1 heterocycles. The summed E-state index contributed by atoms with van der Waals surface area (Å²) in [4.78, 5) is 0. The van der Waals surface area contributed by atoms with Gasteiger partial charge in [-0.25, -0.2) is 0 Å². The number of unbranched alkanes of at least 4 members (excludes halogenated alkanes) is 3. The van der Waals surface area contributed by atoms with Crippen LogP contribution in [0.2, 0.25) is 0 Å². The summed E-state index contributed by atoms with van der Waals surface area (Å²) in [5.41, 5.74) is 6.24. The first-order chi connectivity index (χ1) is 6.19. The SMILES string of the molecule is CCCCCCC1(N)CCOC1C. The summed E-state index contributed by atoms with van der Waals surface area (Å²) in [6.45, 7) is 5.19. The molecule has 1 saturated heterocycles. The van der Waals surface area contributed by atoms with E-state index in [4.69, 9.17) is 10.5 Å². The average Bonchev–Trinajstić information content (AvgIpc) is 2.42. The van der Waals surface area contributed by atoms with Crippen LogP contribution in [0.5, 0.6) is 0 Å². The molecule has 78 valence electrons. The second-order valence-electron chi connectivity index (χ2n) is 4.31. The Hall–Kier alpha value is -0.0800. The van der Waals surface area contributed by atoms with Crippen LogP contribution in [0.25, 0.3) is 0 Å². The van der Waals surface area contributed by atoms with E-state index in [-0.39, 0.29) is 11.6 Å². The van der Waals surface area contributed by atoms with E-state index in [2.05, 4.69) is 13.8 Å². The molecule has 0 bridgehead atoms. The van der Waals surface area contributed by atoms with Crippen molar-refractivity contribution in [1.82, 2.24) is 0 Å². The fourth-order valence-electron chi connectivity index (χ4n) is 2.00. The summed E-state index contributed by atoms with van der Waals surface area (Å²) in [5, 5.41) is 0. The Morgan fingerprint density at radius 2 is 2.15 bits per heavy atom. The van der Waals surface area contributed by atoms with Crippen LogP contribution in [0.15, 0.2) is 0 Å². The van der Waals surface area contributed by atoms with Gasteiger partial charge in [-0.2, -0.15) is 0 Å². The van der Waals surface area contributed by atoms with Gasteiger partial charge in [0.2, 0.25) is 0 Å². The van der Waals surface area contributed by atoms with Crippen LogP contribution in [0.4, 0.5) is 0 Å². The van der Waals surface area contributed by atoms with Gasteiger partial charge in [-0.3, -0.25) is 0 Å². The van der Waals surface area contributed by atoms with E-state index in [0.29, 0.717) is 0 Å². The average molecular weight is 185 g/mol. The minimum absolute atomic E-state index is 0.0201. The highest BCUT2D eigenvalue weighted by Crippen LogP contribution is 2.28. The van der Waals surface area contributed by atoms with Crippen molar-refractivity contribution in [2.75, 3.05) is 6.61 Å². The number of ether oxygens (including phenoxy) is 1. The van der Waals surface area contributed by atoms with Gasteiger partial charge in [0.05, 0.1) is 6.10 Å². The second-order valence-corrected chi connectivity index (χ2v) is 4.31. The Morgan fingerprint density at radius 3 is 2.69 bits per heavy atom. The highest BCUT2D eigenvalue weighted by atomic mass is 16.5. The van der Waals surface area contributed by atoms with E-state index >= 15 is 0 Å². The molecular formula is C11H23NO. The molecule has 2 N–H and O–H groups in total. The van der Waals surface area contributed by atoms with Crippen LogP contribution in [-0.2, 0) is 4.74 Å². The summed E-state index contributed by atoms with van der Waals surface area (Å²) >= 11 is 0. The van der Waals surface area contributed by atoms with Crippen molar-refractivity contribution in [3.05, 3.63) is 0 Å². The largest absolute Gasteiger partial charge is 0.377 e. The molecule has 1 fully saturated rings. The maximum Gasteiger partial charge on any atom is 0.0727 e. The normalized spacial score (nSPS) is 33.9. The molecule has 0 aromatic heterocycles. The number of hydrogen-bond donors (Lipinski definition) is 1. The van der Waals surface area contributed by atoms with Crippen LogP contribution in [0.1, 0.15) is 52.4 Å². The number of hydrogen-bond acceptors (Lipinski definition) is 2. The van der Waals surface area contributed by atoms with Gasteiger partial charge >= 0.3 is 0 Å². The van der Waals surface area contributed by atoms with Crippen LogP contribution in [-0.4, -0.2) is 18.2 Å². The van der Waals surface area contributed by atoms with Crippen LogP contribution in [0, 0.1) is 0 Å². The first-order valence-electron chi connectivity index (χ1n) is 5.59. The molecule has 0 aromatic carbocycles. The van der Waals surface area contributed by atoms with Gasteiger partial charge in [0.25, 0.3) is 0 Å². The van der Waals surface area contributed by atoms with Crippen molar-refractivity contribution in [3.63, 3.8) is 0 Å². The molecule has 2 nitrogen and oxygen atoms in total. The van der Waals surface area contributed by atoms with Gasteiger partial charge in [0, 0.05) is 12.1 Å². The monoisotopic (exact) mass is 185 g/mol. The molecule has 0 amide bonds. The highest BCUT2D eigenvalue weighted by molar-refractivity contribution is 4.94. The zero-order chi connectivity index (χ0) is 9.73.